The van der Waals surface area contributed by atoms with Gasteiger partial charge in [-0.15, -0.1) is 0 Å². The first-order valence-corrected chi connectivity index (χ1v) is 6.77. The molecule has 1 unspecified atom stereocenters. The van der Waals surface area contributed by atoms with Crippen molar-refractivity contribution >= 4 is 0 Å². The van der Waals surface area contributed by atoms with Crippen LogP contribution in [0.2, 0.25) is 0 Å². The van der Waals surface area contributed by atoms with E-state index in [0.29, 0.717) is 11.8 Å². The van der Waals surface area contributed by atoms with E-state index in [1.807, 2.05) is 0 Å². The first-order valence-electron chi connectivity index (χ1n) is 6.77. The van der Waals surface area contributed by atoms with Gasteiger partial charge < -0.3 is 4.98 Å². The van der Waals surface area contributed by atoms with Gasteiger partial charge in [-0.25, -0.2) is 4.98 Å². The fourth-order valence-corrected chi connectivity index (χ4v) is 3.10. The number of aromatic amines is 1. The average molecular weight is 234 g/mol. The Morgan fingerprint density at radius 3 is 2.94 bits per heavy atom. The SMILES string of the molecule is CC[C@H](C)[C@@H]1CCCCC1c1cc(=O)[nH]cn1. The summed E-state index contributed by atoms with van der Waals surface area (Å²) in [6.45, 7) is 4.58. The lowest BCUT2D eigenvalue weighted by Gasteiger charge is -2.35. The summed E-state index contributed by atoms with van der Waals surface area (Å²) < 4.78 is 0. The van der Waals surface area contributed by atoms with Crippen LogP contribution < -0.4 is 5.56 Å². The smallest absolute Gasteiger partial charge is 0.250 e. The van der Waals surface area contributed by atoms with Crippen molar-refractivity contribution in [2.75, 3.05) is 0 Å². The predicted molar refractivity (Wildman–Crippen MR) is 69.0 cm³/mol. The van der Waals surface area contributed by atoms with Gasteiger partial charge in [0.25, 0.3) is 5.56 Å². The van der Waals surface area contributed by atoms with Crippen LogP contribution >= 0.6 is 0 Å². The van der Waals surface area contributed by atoms with E-state index in [2.05, 4.69) is 23.8 Å². The first-order chi connectivity index (χ1) is 8.22. The normalized spacial score (nSPS) is 26.7. The Bertz CT molecular complexity index is 413. The van der Waals surface area contributed by atoms with Crippen LogP contribution in [0.15, 0.2) is 17.2 Å². The minimum atomic E-state index is -0.0246. The minimum Gasteiger partial charge on any atom is -0.313 e. The molecule has 1 aromatic heterocycles. The zero-order chi connectivity index (χ0) is 12.3. The Morgan fingerprint density at radius 2 is 2.24 bits per heavy atom. The van der Waals surface area contributed by atoms with Crippen molar-refractivity contribution in [1.82, 2.24) is 9.97 Å². The van der Waals surface area contributed by atoms with Gasteiger partial charge in [-0.05, 0) is 24.7 Å². The Balaban J connectivity index is 2.24. The third kappa shape index (κ3) is 2.76. The van der Waals surface area contributed by atoms with Gasteiger partial charge in [0, 0.05) is 12.0 Å². The van der Waals surface area contributed by atoms with Gasteiger partial charge in [-0.1, -0.05) is 33.1 Å². The van der Waals surface area contributed by atoms with Crippen molar-refractivity contribution in [2.45, 2.75) is 51.9 Å². The number of hydrogen-bond acceptors (Lipinski definition) is 2. The summed E-state index contributed by atoms with van der Waals surface area (Å²) in [4.78, 5) is 18.4. The van der Waals surface area contributed by atoms with Crippen molar-refractivity contribution in [1.29, 1.82) is 0 Å². The van der Waals surface area contributed by atoms with Crippen LogP contribution in [0.25, 0.3) is 0 Å². The highest BCUT2D eigenvalue weighted by atomic mass is 16.1. The number of nitrogens with zero attached hydrogens (tertiary/aromatic N) is 1. The molecule has 3 heteroatoms. The molecule has 3 nitrogen and oxygen atoms in total. The Kier molecular flexibility index (Phi) is 3.97. The molecule has 0 aliphatic heterocycles. The first kappa shape index (κ1) is 12.3. The molecule has 0 saturated heterocycles. The molecule has 1 fully saturated rings. The van der Waals surface area contributed by atoms with Crippen LogP contribution in [-0.4, -0.2) is 9.97 Å². The van der Waals surface area contributed by atoms with Crippen LogP contribution in [-0.2, 0) is 0 Å². The number of nitrogens with one attached hydrogen (secondary N) is 1. The van der Waals surface area contributed by atoms with Gasteiger partial charge in [0.15, 0.2) is 0 Å². The molecular formula is C14H22N2O. The van der Waals surface area contributed by atoms with Gasteiger partial charge in [-0.3, -0.25) is 4.79 Å². The molecule has 0 amide bonds. The quantitative estimate of drug-likeness (QED) is 0.873. The summed E-state index contributed by atoms with van der Waals surface area (Å²) in [7, 11) is 0. The molecule has 3 atom stereocenters. The third-order valence-electron chi connectivity index (χ3n) is 4.27. The maximum Gasteiger partial charge on any atom is 0.250 e. The van der Waals surface area contributed by atoms with Crippen LogP contribution in [0.5, 0.6) is 0 Å². The van der Waals surface area contributed by atoms with E-state index in [0.717, 1.165) is 11.6 Å². The summed E-state index contributed by atoms with van der Waals surface area (Å²) in [5, 5.41) is 0. The highest BCUT2D eigenvalue weighted by Gasteiger charge is 2.30. The van der Waals surface area contributed by atoms with E-state index in [1.165, 1.54) is 32.1 Å². The number of rotatable bonds is 3. The van der Waals surface area contributed by atoms with Gasteiger partial charge in [0.1, 0.15) is 0 Å². The maximum atomic E-state index is 11.4. The number of aromatic nitrogens is 2. The molecule has 1 heterocycles. The van der Waals surface area contributed by atoms with Crippen molar-refractivity contribution in [3.8, 4) is 0 Å². The lowest BCUT2D eigenvalue weighted by Crippen LogP contribution is -2.25. The van der Waals surface area contributed by atoms with Crippen molar-refractivity contribution in [3.05, 3.63) is 28.4 Å². The highest BCUT2D eigenvalue weighted by Crippen LogP contribution is 2.41. The number of H-pyrrole nitrogens is 1. The fraction of sp³-hybridized carbons (Fsp3) is 0.714. The second-order valence-electron chi connectivity index (χ2n) is 5.28. The summed E-state index contributed by atoms with van der Waals surface area (Å²) >= 11 is 0. The highest BCUT2D eigenvalue weighted by molar-refractivity contribution is 5.09. The van der Waals surface area contributed by atoms with E-state index in [9.17, 15) is 4.79 Å². The monoisotopic (exact) mass is 234 g/mol. The fourth-order valence-electron chi connectivity index (χ4n) is 3.10. The summed E-state index contributed by atoms with van der Waals surface area (Å²) in [5.74, 6) is 1.91. The zero-order valence-electron chi connectivity index (χ0n) is 10.8. The molecule has 0 spiro atoms. The van der Waals surface area contributed by atoms with Crippen LogP contribution in [0, 0.1) is 11.8 Å². The zero-order valence-corrected chi connectivity index (χ0v) is 10.8. The van der Waals surface area contributed by atoms with Crippen molar-refractivity contribution in [2.24, 2.45) is 11.8 Å². The van der Waals surface area contributed by atoms with Gasteiger partial charge >= 0.3 is 0 Å². The molecule has 1 aromatic rings. The third-order valence-corrected chi connectivity index (χ3v) is 4.27. The second kappa shape index (κ2) is 5.48. The van der Waals surface area contributed by atoms with Crippen molar-refractivity contribution < 1.29 is 0 Å². The Labute approximate surface area is 103 Å². The van der Waals surface area contributed by atoms with Crippen LogP contribution in [0.3, 0.4) is 0 Å². The van der Waals surface area contributed by atoms with E-state index < -0.39 is 0 Å². The lowest BCUT2D eigenvalue weighted by molar-refractivity contribution is 0.217. The maximum absolute atomic E-state index is 11.4. The standard InChI is InChI=1S/C14H22N2O/c1-3-10(2)11-6-4-5-7-12(11)13-8-14(17)16-9-15-13/h8-12H,3-7H2,1-2H3,(H,15,16,17)/t10-,11-,12?/m0/s1. The molecule has 17 heavy (non-hydrogen) atoms. The Morgan fingerprint density at radius 1 is 1.47 bits per heavy atom. The molecule has 0 radical (unpaired) electrons. The van der Waals surface area contributed by atoms with Gasteiger partial charge in [-0.2, -0.15) is 0 Å². The van der Waals surface area contributed by atoms with Gasteiger partial charge in [0.05, 0.1) is 12.0 Å². The van der Waals surface area contributed by atoms with Crippen LogP contribution in [0.1, 0.15) is 57.6 Å². The molecule has 1 aliphatic rings. The summed E-state index contributed by atoms with van der Waals surface area (Å²) in [5.41, 5.74) is 0.974. The Hall–Kier alpha value is -1.12. The topological polar surface area (TPSA) is 45.8 Å². The lowest BCUT2D eigenvalue weighted by atomic mass is 9.71. The van der Waals surface area contributed by atoms with E-state index in [-0.39, 0.29) is 5.56 Å². The summed E-state index contributed by atoms with van der Waals surface area (Å²) in [6.07, 6.45) is 7.82. The molecule has 1 aliphatic carbocycles. The van der Waals surface area contributed by atoms with Crippen LogP contribution in [0.4, 0.5) is 0 Å². The van der Waals surface area contributed by atoms with E-state index in [4.69, 9.17) is 0 Å². The molecule has 0 bridgehead atoms. The molecule has 2 rings (SSSR count). The molecule has 0 aromatic carbocycles. The summed E-state index contributed by atoms with van der Waals surface area (Å²) in [6, 6.07) is 1.69. The number of hydrogen-bond donors (Lipinski definition) is 1. The van der Waals surface area contributed by atoms with E-state index >= 15 is 0 Å². The minimum absolute atomic E-state index is 0.0246. The molecule has 94 valence electrons. The predicted octanol–water partition coefficient (Wildman–Crippen LogP) is 3.09. The van der Waals surface area contributed by atoms with Gasteiger partial charge in [0.2, 0.25) is 0 Å². The largest absolute Gasteiger partial charge is 0.313 e. The molecule has 1 N–H and O–H groups in total. The van der Waals surface area contributed by atoms with Crippen molar-refractivity contribution in [3.63, 3.8) is 0 Å². The molecule has 1 saturated carbocycles. The average Bonchev–Trinajstić information content (AvgIpc) is 2.38. The molecular weight excluding hydrogens is 212 g/mol. The van der Waals surface area contributed by atoms with E-state index in [1.54, 1.807) is 12.4 Å². The second-order valence-corrected chi connectivity index (χ2v) is 5.28.